The molecule has 0 saturated carbocycles. The summed E-state index contributed by atoms with van der Waals surface area (Å²) < 4.78 is 13.6. The summed E-state index contributed by atoms with van der Waals surface area (Å²) >= 11 is 11.7. The van der Waals surface area contributed by atoms with Crippen molar-refractivity contribution in [2.75, 3.05) is 24.0 Å². The molecule has 170 valence electrons. The molecule has 1 aromatic heterocycles. The molecule has 2 aromatic carbocycles. The molecule has 10 heteroatoms. The highest BCUT2D eigenvalue weighted by Crippen LogP contribution is 2.34. The number of amides is 1. The van der Waals surface area contributed by atoms with Crippen molar-refractivity contribution in [1.29, 1.82) is 0 Å². The van der Waals surface area contributed by atoms with Gasteiger partial charge in [-0.2, -0.15) is 5.10 Å². The average Bonchev–Trinajstić information content (AvgIpc) is 3.14. The van der Waals surface area contributed by atoms with Crippen molar-refractivity contribution in [2.45, 2.75) is 33.7 Å². The molecule has 0 aliphatic heterocycles. The standard InChI is InChI=1S/C22H26ClN5O3S/c1-4-20-26-27-22(32)28(20)24-12-15-10-18(30-5-2)19(11-17(15)23)31-13-21(29)25-16-8-6-14(3)7-9-16/h6-11,24H,4-5,12-13H2,1-3H3,(H,25,29)(H,27,32). The number of nitrogens with one attached hydrogen (secondary N) is 3. The Morgan fingerprint density at radius 2 is 1.91 bits per heavy atom. The number of aryl methyl sites for hydroxylation is 2. The number of rotatable bonds is 10. The molecular formula is C22H26ClN5O3S. The van der Waals surface area contributed by atoms with Gasteiger partial charge in [-0.1, -0.05) is 36.2 Å². The number of nitrogens with zero attached hydrogens (tertiary/aromatic N) is 2. The SMILES string of the molecule is CCOc1cc(CNn2c(CC)n[nH]c2=S)c(Cl)cc1OCC(=O)Nc1ccc(C)cc1. The lowest BCUT2D eigenvalue weighted by Crippen LogP contribution is -2.20. The summed E-state index contributed by atoms with van der Waals surface area (Å²) in [6, 6.07) is 11.0. The summed E-state index contributed by atoms with van der Waals surface area (Å²) in [5.74, 6) is 1.41. The van der Waals surface area contributed by atoms with Crippen molar-refractivity contribution in [2.24, 2.45) is 0 Å². The largest absolute Gasteiger partial charge is 0.490 e. The van der Waals surface area contributed by atoms with Crippen LogP contribution in [0.4, 0.5) is 5.69 Å². The summed E-state index contributed by atoms with van der Waals surface area (Å²) in [6.07, 6.45) is 0.718. The van der Waals surface area contributed by atoms with E-state index >= 15 is 0 Å². The number of aromatic nitrogens is 3. The van der Waals surface area contributed by atoms with Crippen LogP contribution in [0.2, 0.25) is 5.02 Å². The zero-order valence-corrected chi connectivity index (χ0v) is 19.8. The first-order valence-electron chi connectivity index (χ1n) is 10.3. The third kappa shape index (κ3) is 6.02. The van der Waals surface area contributed by atoms with Crippen LogP contribution in [0.15, 0.2) is 36.4 Å². The van der Waals surface area contributed by atoms with E-state index < -0.39 is 0 Å². The zero-order chi connectivity index (χ0) is 23.1. The van der Waals surface area contributed by atoms with E-state index in [0.717, 1.165) is 23.4 Å². The molecule has 0 bridgehead atoms. The summed E-state index contributed by atoms with van der Waals surface area (Å²) in [4.78, 5) is 12.3. The van der Waals surface area contributed by atoms with Crippen molar-refractivity contribution < 1.29 is 14.3 Å². The maximum atomic E-state index is 12.3. The van der Waals surface area contributed by atoms with Gasteiger partial charge in [0, 0.05) is 23.2 Å². The van der Waals surface area contributed by atoms with E-state index in [2.05, 4.69) is 20.9 Å². The fourth-order valence-electron chi connectivity index (χ4n) is 2.97. The minimum absolute atomic E-state index is 0.175. The van der Waals surface area contributed by atoms with Gasteiger partial charge >= 0.3 is 0 Å². The van der Waals surface area contributed by atoms with Gasteiger partial charge in [0.25, 0.3) is 5.91 Å². The monoisotopic (exact) mass is 475 g/mol. The molecule has 0 aliphatic rings. The topological polar surface area (TPSA) is 93.2 Å². The fourth-order valence-corrected chi connectivity index (χ4v) is 3.40. The van der Waals surface area contributed by atoms with E-state index in [-0.39, 0.29) is 12.5 Å². The number of aromatic amines is 1. The first-order valence-corrected chi connectivity index (χ1v) is 11.0. The number of hydrogen-bond donors (Lipinski definition) is 3. The predicted molar refractivity (Wildman–Crippen MR) is 128 cm³/mol. The highest BCUT2D eigenvalue weighted by molar-refractivity contribution is 7.71. The highest BCUT2D eigenvalue weighted by atomic mass is 35.5. The number of carbonyl (C=O) groups is 1. The Morgan fingerprint density at radius 1 is 1.19 bits per heavy atom. The number of H-pyrrole nitrogens is 1. The van der Waals surface area contributed by atoms with Crippen LogP contribution in [0, 0.1) is 11.7 Å². The zero-order valence-electron chi connectivity index (χ0n) is 18.2. The Kier molecular flexibility index (Phi) is 8.13. The molecule has 3 N–H and O–H groups in total. The van der Waals surface area contributed by atoms with Crippen LogP contribution >= 0.6 is 23.8 Å². The molecule has 0 atom stereocenters. The van der Waals surface area contributed by atoms with E-state index in [0.29, 0.717) is 40.1 Å². The second-order valence-corrected chi connectivity index (χ2v) is 7.79. The lowest BCUT2D eigenvalue weighted by Gasteiger charge is -2.16. The minimum Gasteiger partial charge on any atom is -0.490 e. The van der Waals surface area contributed by atoms with Crippen LogP contribution in [0.25, 0.3) is 0 Å². The lowest BCUT2D eigenvalue weighted by molar-refractivity contribution is -0.118. The molecule has 0 fully saturated rings. The molecule has 32 heavy (non-hydrogen) atoms. The number of anilines is 1. The van der Waals surface area contributed by atoms with Crippen LogP contribution in [-0.4, -0.2) is 34.0 Å². The Morgan fingerprint density at radius 3 is 2.59 bits per heavy atom. The Balaban J connectivity index is 1.69. The van der Waals surface area contributed by atoms with Gasteiger partial charge in [0.15, 0.2) is 23.9 Å². The van der Waals surface area contributed by atoms with Crippen molar-refractivity contribution in [1.82, 2.24) is 14.9 Å². The second-order valence-electron chi connectivity index (χ2n) is 7.00. The second kappa shape index (κ2) is 11.0. The molecule has 0 radical (unpaired) electrons. The maximum Gasteiger partial charge on any atom is 0.262 e. The molecule has 0 aliphatic carbocycles. The molecule has 0 unspecified atom stereocenters. The normalized spacial score (nSPS) is 10.6. The number of hydrogen-bond acceptors (Lipinski definition) is 6. The molecule has 3 rings (SSSR count). The van der Waals surface area contributed by atoms with Gasteiger partial charge in [0.2, 0.25) is 4.77 Å². The Labute approximate surface area is 196 Å². The van der Waals surface area contributed by atoms with Gasteiger partial charge in [0.1, 0.15) is 0 Å². The van der Waals surface area contributed by atoms with Crippen LogP contribution in [-0.2, 0) is 17.8 Å². The Bertz CT molecular complexity index is 1130. The lowest BCUT2D eigenvalue weighted by atomic mass is 10.2. The third-order valence-electron chi connectivity index (χ3n) is 4.59. The van der Waals surface area contributed by atoms with Gasteiger partial charge in [-0.3, -0.25) is 9.89 Å². The summed E-state index contributed by atoms with van der Waals surface area (Å²) in [6.45, 7) is 6.51. The van der Waals surface area contributed by atoms with Crippen molar-refractivity contribution in [3.63, 3.8) is 0 Å². The number of ether oxygens (including phenoxy) is 2. The quantitative estimate of drug-likeness (QED) is 0.370. The fraction of sp³-hybridized carbons (Fsp3) is 0.318. The predicted octanol–water partition coefficient (Wildman–Crippen LogP) is 4.62. The van der Waals surface area contributed by atoms with Crippen LogP contribution in [0.1, 0.15) is 30.8 Å². The highest BCUT2D eigenvalue weighted by Gasteiger charge is 2.14. The van der Waals surface area contributed by atoms with Crippen molar-refractivity contribution in [3.05, 3.63) is 63.1 Å². The van der Waals surface area contributed by atoms with Gasteiger partial charge in [-0.15, -0.1) is 0 Å². The molecular weight excluding hydrogens is 450 g/mol. The van der Waals surface area contributed by atoms with Crippen LogP contribution in [0.5, 0.6) is 11.5 Å². The van der Waals surface area contributed by atoms with Gasteiger partial charge in [0.05, 0.1) is 13.2 Å². The van der Waals surface area contributed by atoms with E-state index in [9.17, 15) is 4.79 Å². The van der Waals surface area contributed by atoms with Crippen LogP contribution < -0.4 is 20.2 Å². The van der Waals surface area contributed by atoms with Crippen molar-refractivity contribution >= 4 is 35.4 Å². The first kappa shape index (κ1) is 23.6. The molecule has 3 aromatic rings. The van der Waals surface area contributed by atoms with Gasteiger partial charge < -0.3 is 20.2 Å². The summed E-state index contributed by atoms with van der Waals surface area (Å²) in [7, 11) is 0. The van der Waals surface area contributed by atoms with Crippen molar-refractivity contribution in [3.8, 4) is 11.5 Å². The van der Waals surface area contributed by atoms with Gasteiger partial charge in [-0.25, -0.2) is 4.68 Å². The summed E-state index contributed by atoms with van der Waals surface area (Å²) in [5, 5.41) is 10.2. The van der Waals surface area contributed by atoms with E-state index in [4.69, 9.17) is 33.3 Å². The maximum absolute atomic E-state index is 12.3. The molecule has 1 heterocycles. The van der Waals surface area contributed by atoms with Gasteiger partial charge in [-0.05, 0) is 49.8 Å². The van der Waals surface area contributed by atoms with E-state index in [1.165, 1.54) is 0 Å². The number of benzene rings is 2. The minimum atomic E-state index is -0.278. The summed E-state index contributed by atoms with van der Waals surface area (Å²) in [5.41, 5.74) is 5.83. The van der Waals surface area contributed by atoms with E-state index in [1.54, 1.807) is 16.8 Å². The number of carbonyl (C=O) groups excluding carboxylic acids is 1. The Hall–Kier alpha value is -3.04. The first-order chi connectivity index (χ1) is 15.4. The molecule has 0 spiro atoms. The van der Waals surface area contributed by atoms with Crippen LogP contribution in [0.3, 0.4) is 0 Å². The molecule has 8 nitrogen and oxygen atoms in total. The number of halogens is 1. The third-order valence-corrected chi connectivity index (χ3v) is 5.22. The molecule has 0 saturated heterocycles. The molecule has 1 amide bonds. The average molecular weight is 476 g/mol. The van der Waals surface area contributed by atoms with E-state index in [1.807, 2.05) is 45.0 Å². The smallest absolute Gasteiger partial charge is 0.262 e.